The van der Waals surface area contributed by atoms with Crippen molar-refractivity contribution in [2.24, 2.45) is 5.16 Å². The summed E-state index contributed by atoms with van der Waals surface area (Å²) in [4.78, 5) is 105. The number of benzene rings is 4. The van der Waals surface area contributed by atoms with Gasteiger partial charge in [-0.2, -0.15) is 0 Å². The van der Waals surface area contributed by atoms with Crippen molar-refractivity contribution in [3.63, 3.8) is 0 Å². The predicted molar refractivity (Wildman–Crippen MR) is 261 cm³/mol. The number of halogens is 1. The molecule has 3 aliphatic heterocycles. The van der Waals surface area contributed by atoms with E-state index >= 15 is 0 Å². The van der Waals surface area contributed by atoms with Crippen molar-refractivity contribution in [2.75, 3.05) is 31.5 Å². The minimum absolute atomic E-state index is 0.0383. The topological polar surface area (TPSA) is 270 Å². The van der Waals surface area contributed by atoms with Crippen LogP contribution in [-0.4, -0.2) is 126 Å². The van der Waals surface area contributed by atoms with E-state index in [-0.39, 0.29) is 51.5 Å². The smallest absolute Gasteiger partial charge is 0.354 e. The second-order valence-corrected chi connectivity index (χ2v) is 19.8. The lowest BCUT2D eigenvalue weighted by atomic mass is 9.77. The van der Waals surface area contributed by atoms with Gasteiger partial charge in [0.05, 0.1) is 23.2 Å². The standard InChI is InChI=1S/C50H47ClN8O12S/c1-48(2,3)70-46(69)49(4,5)71-56-37(36-39(51)72-47(54-36)55-50(27-15-9-6-10-16-27,28-17-11-7-12-18-28)29-19-13-8-14-20-29)41(63)53-33-26-57-25-32(38(45(67)68)59(57)44(33)66)40(62)52-21-22-58-42(64)30-23-34(60)35(61)24-31(30)43(58)65/h6-20,23-24,33,60-61H,21-22,25-26H2,1-5H3,(H,52,62)(H,53,63)(H,54,55)(H,67,68)/b56-37-/t33-/m0/s1. The third-order valence-electron chi connectivity index (χ3n) is 11.7. The summed E-state index contributed by atoms with van der Waals surface area (Å²) >= 11 is 7.94. The third-order valence-corrected chi connectivity index (χ3v) is 12.9. The molecule has 0 saturated carbocycles. The number of aromatic nitrogens is 1. The first-order valence-electron chi connectivity index (χ1n) is 22.3. The molecule has 5 aromatic rings. The highest BCUT2D eigenvalue weighted by Crippen LogP contribution is 2.42. The number of carbonyl (C=O) groups excluding carboxylic acids is 6. The summed E-state index contributed by atoms with van der Waals surface area (Å²) in [6.07, 6.45) is 0. The number of phenolic OH excluding ortho intramolecular Hbond substituents is 2. The van der Waals surface area contributed by atoms with E-state index in [1.807, 2.05) is 91.0 Å². The van der Waals surface area contributed by atoms with Crippen LogP contribution >= 0.6 is 22.9 Å². The second-order valence-electron chi connectivity index (χ2n) is 18.2. The maximum Gasteiger partial charge on any atom is 0.354 e. The van der Waals surface area contributed by atoms with Gasteiger partial charge in [-0.1, -0.05) is 119 Å². The first-order valence-corrected chi connectivity index (χ1v) is 23.5. The van der Waals surface area contributed by atoms with Gasteiger partial charge in [-0.05, 0) is 63.4 Å². The lowest BCUT2D eigenvalue weighted by molar-refractivity contribution is -0.179. The van der Waals surface area contributed by atoms with Gasteiger partial charge in [0.15, 0.2) is 28.0 Å². The molecule has 372 valence electrons. The first-order chi connectivity index (χ1) is 34.1. The van der Waals surface area contributed by atoms with Crippen molar-refractivity contribution in [3.05, 3.63) is 152 Å². The van der Waals surface area contributed by atoms with Crippen molar-refractivity contribution in [1.29, 1.82) is 0 Å². The third kappa shape index (κ3) is 9.68. The molecule has 72 heavy (non-hydrogen) atoms. The molecule has 0 spiro atoms. The molecule has 1 fully saturated rings. The van der Waals surface area contributed by atoms with Gasteiger partial charge < -0.3 is 40.8 Å². The zero-order valence-corrected chi connectivity index (χ0v) is 40.8. The van der Waals surface area contributed by atoms with E-state index in [0.717, 1.165) is 50.1 Å². The highest BCUT2D eigenvalue weighted by molar-refractivity contribution is 7.20. The number of fused-ring (bicyclic) bond motifs is 2. The monoisotopic (exact) mass is 1020 g/mol. The van der Waals surface area contributed by atoms with Gasteiger partial charge in [0, 0.05) is 19.6 Å². The number of aliphatic carboxylic acids is 1. The molecular weight excluding hydrogens is 972 g/mol. The Balaban J connectivity index is 1.06. The summed E-state index contributed by atoms with van der Waals surface area (Å²) in [6, 6.07) is 29.3. The van der Waals surface area contributed by atoms with Crippen molar-refractivity contribution in [1.82, 2.24) is 30.5 Å². The Morgan fingerprint density at radius 2 is 1.36 bits per heavy atom. The van der Waals surface area contributed by atoms with Crippen LogP contribution in [0.25, 0.3) is 0 Å². The molecule has 1 saturated heterocycles. The Morgan fingerprint density at radius 3 is 1.86 bits per heavy atom. The number of esters is 1. The Bertz CT molecular complexity index is 2950. The number of phenols is 2. The number of hydrogen-bond acceptors (Lipinski definition) is 16. The van der Waals surface area contributed by atoms with Crippen LogP contribution in [0, 0.1) is 0 Å². The van der Waals surface area contributed by atoms with Crippen molar-refractivity contribution < 1.29 is 58.5 Å². The second kappa shape index (κ2) is 19.6. The van der Waals surface area contributed by atoms with Crippen LogP contribution < -0.4 is 16.0 Å². The van der Waals surface area contributed by atoms with E-state index in [1.165, 1.54) is 18.9 Å². The molecule has 4 aromatic carbocycles. The van der Waals surface area contributed by atoms with Crippen LogP contribution in [0.1, 0.15) is 77.7 Å². The number of hydrazine groups is 1. The van der Waals surface area contributed by atoms with Gasteiger partial charge >= 0.3 is 11.9 Å². The fourth-order valence-corrected chi connectivity index (χ4v) is 9.40. The number of amides is 5. The molecule has 1 atom stereocenters. The molecule has 0 radical (unpaired) electrons. The van der Waals surface area contributed by atoms with Gasteiger partial charge in [0.2, 0.25) is 5.60 Å². The van der Waals surface area contributed by atoms with E-state index in [0.29, 0.717) is 0 Å². The Kier molecular flexibility index (Phi) is 13.7. The fourth-order valence-electron chi connectivity index (χ4n) is 8.30. The molecule has 0 aliphatic carbocycles. The van der Waals surface area contributed by atoms with Gasteiger partial charge in [0.25, 0.3) is 29.5 Å². The highest BCUT2D eigenvalue weighted by atomic mass is 35.5. The number of carboxylic acid groups (broad SMARTS) is 1. The molecule has 0 unspecified atom stereocenters. The van der Waals surface area contributed by atoms with E-state index in [4.69, 9.17) is 26.2 Å². The average molecular weight is 1020 g/mol. The SMILES string of the molecule is CC(C)(C)OC(=O)C(C)(C)O/N=C(\C(=O)N[C@H]1CN2CC(C(=O)NCCN3C(=O)c4cc(O)c(O)cc4C3=O)=C(C(=O)O)N2C1=O)c1nc(NC(c2ccccc2)(c2ccccc2)c2ccccc2)sc1Cl. The molecular formula is C50H47ClN8O12S. The van der Waals surface area contributed by atoms with E-state index < -0.39 is 93.7 Å². The van der Waals surface area contributed by atoms with Crippen molar-refractivity contribution in [2.45, 2.75) is 57.4 Å². The van der Waals surface area contributed by atoms with Crippen molar-refractivity contribution in [3.8, 4) is 11.5 Å². The summed E-state index contributed by atoms with van der Waals surface area (Å²) < 4.78 is 5.50. The normalized spacial score (nSPS) is 16.2. The van der Waals surface area contributed by atoms with E-state index in [1.54, 1.807) is 20.8 Å². The first kappa shape index (κ1) is 50.3. The number of aromatic hydroxyl groups is 2. The summed E-state index contributed by atoms with van der Waals surface area (Å²) in [5.41, 5.74) is -3.35. The fraction of sp³-hybridized carbons (Fsp3) is 0.260. The maximum atomic E-state index is 14.5. The summed E-state index contributed by atoms with van der Waals surface area (Å²) in [5, 5.41) is 45.0. The largest absolute Gasteiger partial charge is 0.504 e. The molecule has 1 aromatic heterocycles. The minimum atomic E-state index is -1.78. The number of nitrogens with one attached hydrogen (secondary N) is 3. The molecule has 20 nitrogen and oxygen atoms in total. The number of rotatable bonds is 16. The van der Waals surface area contributed by atoms with Gasteiger partial charge in [-0.3, -0.25) is 28.9 Å². The van der Waals surface area contributed by atoms with E-state index in [2.05, 4.69) is 21.1 Å². The molecule has 8 rings (SSSR count). The number of oxime groups is 1. The van der Waals surface area contributed by atoms with Crippen LogP contribution in [0.4, 0.5) is 5.13 Å². The van der Waals surface area contributed by atoms with Crippen LogP contribution in [0.3, 0.4) is 0 Å². The lowest BCUT2D eigenvalue weighted by Crippen LogP contribution is -2.46. The highest BCUT2D eigenvalue weighted by Gasteiger charge is 2.50. The Hall–Kier alpha value is -8.14. The van der Waals surface area contributed by atoms with Gasteiger partial charge in [0.1, 0.15) is 27.2 Å². The van der Waals surface area contributed by atoms with Crippen LogP contribution in [0.15, 0.2) is 120 Å². The molecule has 22 heteroatoms. The van der Waals surface area contributed by atoms with Crippen LogP contribution in [0.2, 0.25) is 4.34 Å². The number of thiazole rings is 1. The van der Waals surface area contributed by atoms with E-state index in [9.17, 15) is 48.9 Å². The summed E-state index contributed by atoms with van der Waals surface area (Å²) in [7, 11) is 0. The quantitative estimate of drug-likeness (QED) is 0.0194. The molecule has 0 bridgehead atoms. The lowest BCUT2D eigenvalue weighted by Gasteiger charge is -2.36. The summed E-state index contributed by atoms with van der Waals surface area (Å²) in [6.45, 7) is 6.34. The minimum Gasteiger partial charge on any atom is -0.504 e. The van der Waals surface area contributed by atoms with Crippen LogP contribution in [0.5, 0.6) is 11.5 Å². The number of carboxylic acids is 1. The number of anilines is 1. The Morgan fingerprint density at radius 1 is 0.833 bits per heavy atom. The van der Waals surface area contributed by atoms with Crippen LogP contribution in [-0.2, 0) is 39.1 Å². The molecule has 4 heterocycles. The Labute approximate surface area is 420 Å². The zero-order chi connectivity index (χ0) is 51.9. The molecule has 6 N–H and O–H groups in total. The van der Waals surface area contributed by atoms with Gasteiger partial charge in [-0.15, -0.1) is 0 Å². The number of imide groups is 1. The zero-order valence-electron chi connectivity index (χ0n) is 39.3. The van der Waals surface area contributed by atoms with Gasteiger partial charge in [-0.25, -0.2) is 24.6 Å². The number of hydrogen-bond donors (Lipinski definition) is 6. The average Bonchev–Trinajstić information content (AvgIpc) is 4.05. The number of carbonyl (C=O) groups is 7. The molecule has 3 aliphatic rings. The summed E-state index contributed by atoms with van der Waals surface area (Å²) in [5.74, 6) is -8.13. The predicted octanol–water partition coefficient (Wildman–Crippen LogP) is 4.76. The molecule has 5 amide bonds. The van der Waals surface area contributed by atoms with Crippen molar-refractivity contribution >= 4 is 75.3 Å². The number of ether oxygens (including phenoxy) is 1. The number of nitrogens with zero attached hydrogens (tertiary/aromatic N) is 5. The maximum absolute atomic E-state index is 14.5.